The smallest absolute Gasteiger partial charge is 0.137 e. The minimum absolute atomic E-state index is 0.112. The predicted molar refractivity (Wildman–Crippen MR) is 81.3 cm³/mol. The van der Waals surface area contributed by atoms with E-state index < -0.39 is 0 Å². The summed E-state index contributed by atoms with van der Waals surface area (Å²) in [6.45, 7) is 0. The lowest BCUT2D eigenvalue weighted by atomic mass is 9.99. The molecule has 1 unspecified atom stereocenters. The topological polar surface area (TPSA) is 47.3 Å². The summed E-state index contributed by atoms with van der Waals surface area (Å²) in [6.07, 6.45) is 0. The van der Waals surface area contributed by atoms with Gasteiger partial charge in [-0.1, -0.05) is 45.7 Å². The van der Waals surface area contributed by atoms with Crippen molar-refractivity contribution >= 4 is 27.5 Å². The fourth-order valence-corrected chi connectivity index (χ4v) is 2.36. The molecule has 3 nitrogen and oxygen atoms in total. The van der Waals surface area contributed by atoms with Crippen molar-refractivity contribution in [2.24, 2.45) is 5.84 Å². The Morgan fingerprint density at radius 2 is 1.79 bits per heavy atom. The summed E-state index contributed by atoms with van der Waals surface area (Å²) in [7, 11) is 1.59. The number of hydrogen-bond acceptors (Lipinski definition) is 3. The number of hydrazine groups is 1. The highest BCUT2D eigenvalue weighted by Gasteiger charge is 2.14. The Bertz CT molecular complexity index is 560. The van der Waals surface area contributed by atoms with Crippen molar-refractivity contribution in [1.82, 2.24) is 5.43 Å². The first-order chi connectivity index (χ1) is 9.15. The number of nitrogens with two attached hydrogens (primary N) is 1. The van der Waals surface area contributed by atoms with Crippen LogP contribution >= 0.6 is 27.5 Å². The Balaban J connectivity index is 2.39. The quantitative estimate of drug-likeness (QED) is 0.659. The fraction of sp³-hybridized carbons (Fsp3) is 0.143. The number of benzene rings is 2. The van der Waals surface area contributed by atoms with E-state index in [0.29, 0.717) is 10.8 Å². The van der Waals surface area contributed by atoms with E-state index in [1.54, 1.807) is 13.2 Å². The molecule has 0 aromatic heterocycles. The SMILES string of the molecule is COc1cc(C(NN)c2ccc(Br)cc2)ccc1Cl. The summed E-state index contributed by atoms with van der Waals surface area (Å²) >= 11 is 9.44. The Hall–Kier alpha value is -1.07. The van der Waals surface area contributed by atoms with Crippen LogP contribution in [-0.2, 0) is 0 Å². The lowest BCUT2D eigenvalue weighted by Crippen LogP contribution is -2.28. The molecular formula is C14H14BrClN2O. The third kappa shape index (κ3) is 3.28. The molecule has 5 heteroatoms. The summed E-state index contributed by atoms with van der Waals surface area (Å²) < 4.78 is 6.26. The van der Waals surface area contributed by atoms with Crippen LogP contribution in [0.2, 0.25) is 5.02 Å². The van der Waals surface area contributed by atoms with Gasteiger partial charge in [0.1, 0.15) is 5.75 Å². The van der Waals surface area contributed by atoms with E-state index in [2.05, 4.69) is 21.4 Å². The van der Waals surface area contributed by atoms with Gasteiger partial charge in [-0.3, -0.25) is 5.84 Å². The van der Waals surface area contributed by atoms with Gasteiger partial charge in [0, 0.05) is 4.47 Å². The largest absolute Gasteiger partial charge is 0.495 e. The Labute approximate surface area is 125 Å². The highest BCUT2D eigenvalue weighted by atomic mass is 79.9. The Kier molecular flexibility index (Phi) is 4.82. The van der Waals surface area contributed by atoms with Gasteiger partial charge in [0.15, 0.2) is 0 Å². The highest BCUT2D eigenvalue weighted by molar-refractivity contribution is 9.10. The molecule has 3 N–H and O–H groups in total. The van der Waals surface area contributed by atoms with Gasteiger partial charge in [0.25, 0.3) is 0 Å². The Morgan fingerprint density at radius 3 is 2.37 bits per heavy atom. The summed E-state index contributed by atoms with van der Waals surface area (Å²) in [5, 5.41) is 0.581. The number of halogens is 2. The molecule has 0 aliphatic carbocycles. The molecule has 0 spiro atoms. The van der Waals surface area contributed by atoms with Crippen molar-refractivity contribution in [3.05, 3.63) is 63.1 Å². The van der Waals surface area contributed by atoms with Crippen LogP contribution in [0.3, 0.4) is 0 Å². The molecule has 1 atom stereocenters. The molecule has 2 rings (SSSR count). The zero-order valence-corrected chi connectivity index (χ0v) is 12.7. The zero-order chi connectivity index (χ0) is 13.8. The van der Waals surface area contributed by atoms with E-state index in [-0.39, 0.29) is 6.04 Å². The first-order valence-electron chi connectivity index (χ1n) is 5.70. The molecule has 0 amide bonds. The number of methoxy groups -OCH3 is 1. The van der Waals surface area contributed by atoms with E-state index in [1.807, 2.05) is 36.4 Å². The van der Waals surface area contributed by atoms with Crippen LogP contribution < -0.4 is 16.0 Å². The van der Waals surface area contributed by atoms with E-state index in [9.17, 15) is 0 Å². The van der Waals surface area contributed by atoms with Crippen molar-refractivity contribution in [2.75, 3.05) is 7.11 Å². The molecule has 0 bridgehead atoms. The monoisotopic (exact) mass is 340 g/mol. The van der Waals surface area contributed by atoms with Gasteiger partial charge in [-0.2, -0.15) is 0 Å². The van der Waals surface area contributed by atoms with Gasteiger partial charge >= 0.3 is 0 Å². The first-order valence-corrected chi connectivity index (χ1v) is 6.88. The van der Waals surface area contributed by atoms with Crippen LogP contribution in [0.4, 0.5) is 0 Å². The average molecular weight is 342 g/mol. The second kappa shape index (κ2) is 6.39. The maximum absolute atomic E-state index is 6.03. The minimum atomic E-state index is -0.112. The molecule has 0 saturated heterocycles. The minimum Gasteiger partial charge on any atom is -0.495 e. The number of nitrogens with one attached hydrogen (secondary N) is 1. The van der Waals surface area contributed by atoms with Crippen molar-refractivity contribution < 1.29 is 4.74 Å². The predicted octanol–water partition coefficient (Wildman–Crippen LogP) is 3.66. The maximum atomic E-state index is 6.03. The highest BCUT2D eigenvalue weighted by Crippen LogP contribution is 2.30. The third-order valence-corrected chi connectivity index (χ3v) is 3.72. The molecule has 0 heterocycles. The van der Waals surface area contributed by atoms with Crippen molar-refractivity contribution in [3.63, 3.8) is 0 Å². The van der Waals surface area contributed by atoms with Gasteiger partial charge in [-0.05, 0) is 35.4 Å². The van der Waals surface area contributed by atoms with Crippen LogP contribution in [0.5, 0.6) is 5.75 Å². The van der Waals surface area contributed by atoms with Gasteiger partial charge in [-0.25, -0.2) is 5.43 Å². The van der Waals surface area contributed by atoms with Crippen LogP contribution in [0.25, 0.3) is 0 Å². The van der Waals surface area contributed by atoms with Gasteiger partial charge in [0.05, 0.1) is 18.2 Å². The lowest BCUT2D eigenvalue weighted by Gasteiger charge is -2.18. The average Bonchev–Trinajstić information content (AvgIpc) is 2.43. The number of rotatable bonds is 4. The van der Waals surface area contributed by atoms with Gasteiger partial charge in [0.2, 0.25) is 0 Å². The van der Waals surface area contributed by atoms with Crippen molar-refractivity contribution in [1.29, 1.82) is 0 Å². The fourth-order valence-electron chi connectivity index (χ4n) is 1.90. The second-order valence-electron chi connectivity index (χ2n) is 4.05. The van der Waals surface area contributed by atoms with E-state index in [1.165, 1.54) is 0 Å². The molecule has 0 aliphatic rings. The molecule has 0 saturated carbocycles. The summed E-state index contributed by atoms with van der Waals surface area (Å²) in [4.78, 5) is 0. The Morgan fingerprint density at radius 1 is 1.16 bits per heavy atom. The molecule has 2 aromatic carbocycles. The van der Waals surface area contributed by atoms with Crippen LogP contribution in [0.15, 0.2) is 46.9 Å². The molecule has 100 valence electrons. The van der Waals surface area contributed by atoms with Gasteiger partial charge in [-0.15, -0.1) is 0 Å². The van der Waals surface area contributed by atoms with E-state index in [0.717, 1.165) is 15.6 Å². The van der Waals surface area contributed by atoms with Gasteiger partial charge < -0.3 is 4.74 Å². The standard InChI is InChI=1S/C14H14BrClN2O/c1-19-13-8-10(4-7-12(13)16)14(18-17)9-2-5-11(15)6-3-9/h2-8,14,18H,17H2,1H3. The summed E-state index contributed by atoms with van der Waals surface area (Å²) in [5.41, 5.74) is 4.87. The molecule has 19 heavy (non-hydrogen) atoms. The van der Waals surface area contributed by atoms with E-state index >= 15 is 0 Å². The van der Waals surface area contributed by atoms with Crippen molar-refractivity contribution in [3.8, 4) is 5.75 Å². The summed E-state index contributed by atoms with van der Waals surface area (Å²) in [5.74, 6) is 6.30. The van der Waals surface area contributed by atoms with E-state index in [4.69, 9.17) is 22.2 Å². The number of hydrogen-bond donors (Lipinski definition) is 2. The summed E-state index contributed by atoms with van der Waals surface area (Å²) in [6, 6.07) is 13.5. The molecule has 0 aliphatic heterocycles. The maximum Gasteiger partial charge on any atom is 0.137 e. The number of ether oxygens (including phenoxy) is 1. The van der Waals surface area contributed by atoms with Crippen LogP contribution in [0, 0.1) is 0 Å². The molecule has 0 fully saturated rings. The van der Waals surface area contributed by atoms with Crippen molar-refractivity contribution in [2.45, 2.75) is 6.04 Å². The van der Waals surface area contributed by atoms with Crippen LogP contribution in [0.1, 0.15) is 17.2 Å². The zero-order valence-electron chi connectivity index (χ0n) is 10.4. The second-order valence-corrected chi connectivity index (χ2v) is 5.37. The van der Waals surface area contributed by atoms with Crippen LogP contribution in [-0.4, -0.2) is 7.11 Å². The molecule has 0 radical (unpaired) electrons. The lowest BCUT2D eigenvalue weighted by molar-refractivity contribution is 0.414. The normalized spacial score (nSPS) is 12.2. The molecular weight excluding hydrogens is 328 g/mol. The molecule has 2 aromatic rings. The third-order valence-electron chi connectivity index (χ3n) is 2.88. The first kappa shape index (κ1) is 14.3.